The average Bonchev–Trinajstić information content (AvgIpc) is 3.54. The number of likely N-dealkylation sites (tertiary alicyclic amines) is 1. The molecule has 1 N–H and O–H groups in total. The van der Waals surface area contributed by atoms with Gasteiger partial charge in [0.15, 0.2) is 0 Å². The zero-order valence-electron chi connectivity index (χ0n) is 16.2. The van der Waals surface area contributed by atoms with Crippen LogP contribution in [-0.4, -0.2) is 61.3 Å². The van der Waals surface area contributed by atoms with E-state index in [1.54, 1.807) is 5.56 Å². The lowest BCUT2D eigenvalue weighted by Gasteiger charge is -2.49. The zero-order valence-corrected chi connectivity index (χ0v) is 16.2. The summed E-state index contributed by atoms with van der Waals surface area (Å²) < 4.78 is 5.57. The van der Waals surface area contributed by atoms with Crippen molar-refractivity contribution in [3.05, 3.63) is 35.4 Å². The van der Waals surface area contributed by atoms with Crippen molar-refractivity contribution in [1.29, 1.82) is 0 Å². The van der Waals surface area contributed by atoms with Crippen LogP contribution in [0.25, 0.3) is 0 Å². The normalized spacial score (nSPS) is 28.0. The molecule has 0 aromatic heterocycles. The Morgan fingerprint density at radius 3 is 2.48 bits per heavy atom. The lowest BCUT2D eigenvalue weighted by molar-refractivity contribution is 0.00760. The standard InChI is InChI=1S/C22H31N3O2/c26-21(23-17-5-6-17)25-11-9-22(10-12-25)8-7-20(24-13-15-27-16-14-24)18-3-1-2-4-19(18)22/h1-4,17,20H,5-16H2,(H,23,26). The molecule has 1 saturated carbocycles. The van der Waals surface area contributed by atoms with E-state index in [4.69, 9.17) is 4.74 Å². The fourth-order valence-corrected chi connectivity index (χ4v) is 5.39. The van der Waals surface area contributed by atoms with Crippen molar-refractivity contribution in [3.63, 3.8) is 0 Å². The van der Waals surface area contributed by atoms with E-state index >= 15 is 0 Å². The lowest BCUT2D eigenvalue weighted by Crippen LogP contribution is -2.51. The number of hydrogen-bond acceptors (Lipinski definition) is 3. The molecule has 2 aliphatic carbocycles. The second-order valence-electron chi connectivity index (χ2n) is 8.78. The van der Waals surface area contributed by atoms with Gasteiger partial charge in [-0.15, -0.1) is 0 Å². The van der Waals surface area contributed by atoms with Crippen molar-refractivity contribution >= 4 is 6.03 Å². The van der Waals surface area contributed by atoms with E-state index in [9.17, 15) is 4.79 Å². The second-order valence-corrected chi connectivity index (χ2v) is 8.78. The van der Waals surface area contributed by atoms with E-state index < -0.39 is 0 Å². The van der Waals surface area contributed by atoms with E-state index in [2.05, 4.69) is 34.5 Å². The minimum absolute atomic E-state index is 0.155. The summed E-state index contributed by atoms with van der Waals surface area (Å²) in [6.07, 6.45) is 6.96. The summed E-state index contributed by atoms with van der Waals surface area (Å²) >= 11 is 0. The fraction of sp³-hybridized carbons (Fsp3) is 0.682. The number of benzene rings is 1. The summed E-state index contributed by atoms with van der Waals surface area (Å²) in [5, 5.41) is 3.15. The first kappa shape index (κ1) is 17.5. The van der Waals surface area contributed by atoms with Crippen molar-refractivity contribution < 1.29 is 9.53 Å². The smallest absolute Gasteiger partial charge is 0.317 e. The molecule has 5 rings (SSSR count). The Balaban J connectivity index is 1.33. The second kappa shape index (κ2) is 7.10. The molecule has 27 heavy (non-hydrogen) atoms. The largest absolute Gasteiger partial charge is 0.379 e. The van der Waals surface area contributed by atoms with Gasteiger partial charge >= 0.3 is 6.03 Å². The van der Waals surface area contributed by atoms with Gasteiger partial charge in [0.2, 0.25) is 0 Å². The van der Waals surface area contributed by atoms with Gasteiger partial charge in [-0.25, -0.2) is 4.79 Å². The predicted molar refractivity (Wildman–Crippen MR) is 105 cm³/mol. The minimum atomic E-state index is 0.155. The fourth-order valence-electron chi connectivity index (χ4n) is 5.39. The molecular formula is C22H31N3O2. The number of ether oxygens (including phenoxy) is 1. The Morgan fingerprint density at radius 2 is 1.74 bits per heavy atom. The van der Waals surface area contributed by atoms with E-state index in [0.717, 1.165) is 65.1 Å². The van der Waals surface area contributed by atoms with Gasteiger partial charge in [-0.1, -0.05) is 24.3 Å². The van der Waals surface area contributed by atoms with Gasteiger partial charge in [0.1, 0.15) is 0 Å². The third-order valence-electron chi connectivity index (χ3n) is 7.19. The molecule has 1 aromatic rings. The number of morpholine rings is 1. The average molecular weight is 370 g/mol. The van der Waals surface area contributed by atoms with Crippen LogP contribution in [0.5, 0.6) is 0 Å². The van der Waals surface area contributed by atoms with E-state index in [-0.39, 0.29) is 11.4 Å². The molecule has 0 radical (unpaired) electrons. The molecule has 2 saturated heterocycles. The molecule has 5 nitrogen and oxygen atoms in total. The van der Waals surface area contributed by atoms with Gasteiger partial charge in [0.05, 0.1) is 13.2 Å². The first-order valence-corrected chi connectivity index (χ1v) is 10.7. The Kier molecular flexibility index (Phi) is 4.60. The highest BCUT2D eigenvalue weighted by molar-refractivity contribution is 5.75. The summed E-state index contributed by atoms with van der Waals surface area (Å²) in [6, 6.07) is 10.2. The Labute approximate surface area is 162 Å². The van der Waals surface area contributed by atoms with E-state index in [1.165, 1.54) is 18.4 Å². The highest BCUT2D eigenvalue weighted by Gasteiger charge is 2.44. The van der Waals surface area contributed by atoms with Crippen LogP contribution in [0.15, 0.2) is 24.3 Å². The van der Waals surface area contributed by atoms with Crippen LogP contribution < -0.4 is 5.32 Å². The van der Waals surface area contributed by atoms with Crippen LogP contribution in [0.3, 0.4) is 0 Å². The van der Waals surface area contributed by atoms with Gasteiger partial charge in [0.25, 0.3) is 0 Å². The number of piperidine rings is 1. The number of nitrogens with one attached hydrogen (secondary N) is 1. The van der Waals surface area contributed by atoms with Gasteiger partial charge in [-0.2, -0.15) is 0 Å². The summed E-state index contributed by atoms with van der Waals surface area (Å²) in [6.45, 7) is 5.57. The van der Waals surface area contributed by atoms with Crippen LogP contribution in [0.4, 0.5) is 4.79 Å². The highest BCUT2D eigenvalue weighted by atomic mass is 16.5. The Bertz CT molecular complexity index is 689. The molecule has 1 atom stereocenters. The number of nitrogens with zero attached hydrogens (tertiary/aromatic N) is 2. The summed E-state index contributed by atoms with van der Waals surface area (Å²) in [5.74, 6) is 0. The van der Waals surface area contributed by atoms with Crippen LogP contribution >= 0.6 is 0 Å². The van der Waals surface area contributed by atoms with Crippen LogP contribution in [0, 0.1) is 0 Å². The molecule has 1 spiro atoms. The molecule has 1 unspecified atom stereocenters. The molecule has 1 aromatic carbocycles. The molecule has 2 heterocycles. The molecule has 3 fully saturated rings. The van der Waals surface area contributed by atoms with Gasteiger partial charge in [0, 0.05) is 38.3 Å². The van der Waals surface area contributed by atoms with Gasteiger partial charge in [-0.3, -0.25) is 4.90 Å². The number of carbonyl (C=O) groups excluding carboxylic acids is 1. The summed E-state index contributed by atoms with van der Waals surface area (Å²) in [4.78, 5) is 17.1. The topological polar surface area (TPSA) is 44.8 Å². The monoisotopic (exact) mass is 369 g/mol. The van der Waals surface area contributed by atoms with E-state index in [1.807, 2.05) is 4.90 Å². The molecule has 2 amide bonds. The maximum absolute atomic E-state index is 12.4. The Morgan fingerprint density at radius 1 is 1.00 bits per heavy atom. The first-order valence-electron chi connectivity index (χ1n) is 10.7. The van der Waals surface area contributed by atoms with Crippen molar-refractivity contribution in [2.45, 2.75) is 56.0 Å². The molecule has 4 aliphatic rings. The third-order valence-corrected chi connectivity index (χ3v) is 7.19. The van der Waals surface area contributed by atoms with Crippen LogP contribution in [0.2, 0.25) is 0 Å². The molecular weight excluding hydrogens is 338 g/mol. The van der Waals surface area contributed by atoms with Gasteiger partial charge in [-0.05, 0) is 55.1 Å². The zero-order chi connectivity index (χ0) is 18.3. The van der Waals surface area contributed by atoms with Crippen LogP contribution in [0.1, 0.15) is 55.7 Å². The maximum atomic E-state index is 12.4. The number of urea groups is 1. The summed E-state index contributed by atoms with van der Waals surface area (Å²) in [5.41, 5.74) is 3.34. The minimum Gasteiger partial charge on any atom is -0.379 e. The number of rotatable bonds is 2. The van der Waals surface area contributed by atoms with Crippen molar-refractivity contribution in [1.82, 2.24) is 15.1 Å². The first-order chi connectivity index (χ1) is 13.3. The van der Waals surface area contributed by atoms with E-state index in [0.29, 0.717) is 12.1 Å². The third kappa shape index (κ3) is 3.36. The number of carbonyl (C=O) groups is 1. The maximum Gasteiger partial charge on any atom is 0.317 e. The van der Waals surface area contributed by atoms with Crippen molar-refractivity contribution in [2.75, 3.05) is 39.4 Å². The number of fused-ring (bicyclic) bond motifs is 2. The molecule has 0 bridgehead atoms. The molecule has 146 valence electrons. The Hall–Kier alpha value is -1.59. The quantitative estimate of drug-likeness (QED) is 0.871. The highest BCUT2D eigenvalue weighted by Crippen LogP contribution is 2.49. The molecule has 2 aliphatic heterocycles. The summed E-state index contributed by atoms with van der Waals surface area (Å²) in [7, 11) is 0. The van der Waals surface area contributed by atoms with Crippen LogP contribution in [-0.2, 0) is 10.2 Å². The molecule has 5 heteroatoms. The van der Waals surface area contributed by atoms with Crippen molar-refractivity contribution in [3.8, 4) is 0 Å². The lowest BCUT2D eigenvalue weighted by atomic mass is 9.63. The van der Waals surface area contributed by atoms with Crippen molar-refractivity contribution in [2.24, 2.45) is 0 Å². The SMILES string of the molecule is O=C(NC1CC1)N1CCC2(CCC(N3CCOCC3)c3ccccc32)CC1. The van der Waals surface area contributed by atoms with Gasteiger partial charge < -0.3 is 15.0 Å². The predicted octanol–water partition coefficient (Wildman–Crippen LogP) is 3.06. The number of amides is 2. The number of hydrogen-bond donors (Lipinski definition) is 1.